The van der Waals surface area contributed by atoms with Crippen LogP contribution in [0.1, 0.15) is 86.0 Å². The number of nitrogens with one attached hydrogen (secondary N) is 2. The van der Waals surface area contributed by atoms with Crippen molar-refractivity contribution in [2.24, 2.45) is 0 Å². The Kier molecular flexibility index (Phi) is 9.00. The third-order valence-corrected chi connectivity index (χ3v) is 8.22. The van der Waals surface area contributed by atoms with E-state index in [0.29, 0.717) is 36.6 Å². The number of pyridine rings is 1. The molecule has 0 saturated carbocycles. The Hall–Kier alpha value is -4.32. The van der Waals surface area contributed by atoms with Gasteiger partial charge in [-0.15, -0.1) is 21.5 Å². The number of amides is 2. The van der Waals surface area contributed by atoms with Crippen LogP contribution < -0.4 is 10.6 Å². The van der Waals surface area contributed by atoms with Gasteiger partial charge in [-0.05, 0) is 72.1 Å². The van der Waals surface area contributed by atoms with Gasteiger partial charge in [-0.2, -0.15) is 0 Å². The van der Waals surface area contributed by atoms with Crippen LogP contribution >= 0.6 is 11.3 Å². The van der Waals surface area contributed by atoms with Gasteiger partial charge in [-0.25, -0.2) is 14.8 Å². The van der Waals surface area contributed by atoms with Crippen molar-refractivity contribution in [2.75, 3.05) is 18.4 Å². The summed E-state index contributed by atoms with van der Waals surface area (Å²) in [5.74, 6) is 0.730. The van der Waals surface area contributed by atoms with Gasteiger partial charge in [-0.1, -0.05) is 30.3 Å². The molecule has 5 rings (SSSR count). The Morgan fingerprint density at radius 2 is 1.89 bits per heavy atom. The molecule has 44 heavy (non-hydrogen) atoms. The number of nitrogens with zero attached hydrogens (tertiary/aromatic N) is 5. The number of hydrogen-bond donors (Lipinski definition) is 2. The average molecular weight is 618 g/mol. The van der Waals surface area contributed by atoms with E-state index in [-0.39, 0.29) is 23.7 Å². The van der Waals surface area contributed by atoms with Crippen LogP contribution in [0.5, 0.6) is 0 Å². The molecule has 3 aromatic heterocycles. The van der Waals surface area contributed by atoms with Gasteiger partial charge in [-0.3, -0.25) is 4.79 Å². The fraction of sp³-hybridized carbons (Fsp3) is 0.438. The molecule has 232 valence electrons. The number of hydrogen-bond acceptors (Lipinski definition) is 10. The number of rotatable bonds is 9. The first-order chi connectivity index (χ1) is 20.9. The second-order valence-electron chi connectivity index (χ2n) is 12.2. The lowest BCUT2D eigenvalue weighted by Gasteiger charge is -2.29. The molecule has 2 atom stereocenters. The number of thiazole rings is 1. The second kappa shape index (κ2) is 12.7. The van der Waals surface area contributed by atoms with Gasteiger partial charge in [0.1, 0.15) is 27.7 Å². The molecule has 1 aliphatic heterocycles. The first-order valence-electron chi connectivity index (χ1n) is 14.8. The van der Waals surface area contributed by atoms with Gasteiger partial charge >= 0.3 is 6.09 Å². The van der Waals surface area contributed by atoms with Gasteiger partial charge in [0, 0.05) is 36.1 Å². The summed E-state index contributed by atoms with van der Waals surface area (Å²) in [6, 6.07) is 13.1. The van der Waals surface area contributed by atoms with Gasteiger partial charge in [0.05, 0.1) is 6.04 Å². The normalized spacial score (nSPS) is 16.4. The summed E-state index contributed by atoms with van der Waals surface area (Å²) in [4.78, 5) is 38.0. The van der Waals surface area contributed by atoms with E-state index in [1.165, 1.54) is 0 Å². The summed E-state index contributed by atoms with van der Waals surface area (Å²) in [6.45, 7) is 12.4. The molecule has 2 amide bonds. The van der Waals surface area contributed by atoms with Gasteiger partial charge in [0.15, 0.2) is 0 Å². The molecule has 1 fully saturated rings. The van der Waals surface area contributed by atoms with E-state index in [0.717, 1.165) is 29.1 Å². The zero-order valence-electron chi connectivity index (χ0n) is 26.0. The number of likely N-dealkylation sites (tertiary alicyclic amines) is 1. The van der Waals surface area contributed by atoms with Crippen molar-refractivity contribution in [3.63, 3.8) is 0 Å². The maximum absolute atomic E-state index is 13.9. The van der Waals surface area contributed by atoms with Crippen molar-refractivity contribution in [3.05, 3.63) is 75.6 Å². The molecular formula is C32H39N7O4S. The summed E-state index contributed by atoms with van der Waals surface area (Å²) in [7, 11) is 0. The fourth-order valence-corrected chi connectivity index (χ4v) is 6.19. The lowest BCUT2D eigenvalue weighted by Crippen LogP contribution is -2.47. The first kappa shape index (κ1) is 31.1. The third kappa shape index (κ3) is 7.24. The summed E-state index contributed by atoms with van der Waals surface area (Å²) < 4.78 is 11.8. The maximum Gasteiger partial charge on any atom is 0.408 e. The Balaban J connectivity index is 1.47. The van der Waals surface area contributed by atoms with E-state index in [2.05, 4.69) is 30.8 Å². The van der Waals surface area contributed by atoms with Crippen molar-refractivity contribution >= 4 is 29.2 Å². The summed E-state index contributed by atoms with van der Waals surface area (Å²) in [6.07, 6.45) is 1.54. The number of aryl methyl sites for hydroxylation is 1. The molecule has 0 radical (unpaired) electrons. The van der Waals surface area contributed by atoms with Crippen LogP contribution in [-0.4, -0.2) is 55.8 Å². The topological polar surface area (TPSA) is 135 Å². The predicted molar refractivity (Wildman–Crippen MR) is 168 cm³/mol. The Morgan fingerprint density at radius 1 is 1.11 bits per heavy atom. The zero-order valence-corrected chi connectivity index (χ0v) is 26.8. The molecule has 12 heteroatoms. The molecule has 2 N–H and O–H groups in total. The Bertz CT molecular complexity index is 1610. The zero-order chi connectivity index (χ0) is 31.5. The van der Waals surface area contributed by atoms with Crippen molar-refractivity contribution < 1.29 is 18.7 Å². The molecule has 0 spiro atoms. The van der Waals surface area contributed by atoms with Gasteiger partial charge in [0.2, 0.25) is 5.89 Å². The number of carbonyl (C=O) groups excluding carboxylic acids is 2. The monoisotopic (exact) mass is 617 g/mol. The highest BCUT2D eigenvalue weighted by molar-refractivity contribution is 7.09. The quantitative estimate of drug-likeness (QED) is 0.222. The molecule has 4 heterocycles. The molecule has 1 unspecified atom stereocenters. The summed E-state index contributed by atoms with van der Waals surface area (Å²) in [5, 5.41) is 17.8. The maximum atomic E-state index is 13.9. The molecule has 1 saturated heterocycles. The summed E-state index contributed by atoms with van der Waals surface area (Å²) in [5.41, 5.74) is 0.945. The van der Waals surface area contributed by atoms with Gasteiger partial charge < -0.3 is 24.7 Å². The number of anilines is 1. The van der Waals surface area contributed by atoms with E-state index in [9.17, 15) is 9.59 Å². The van der Waals surface area contributed by atoms with E-state index in [1.54, 1.807) is 44.2 Å². The standard InChI is InChI=1S/C32H39N7O4S/c1-7-33-25-17-22(28(40)39-15-11-14-24(39)27-34-20(2)19-44-27)16-23(35-25)26-37-38-29(42-26)32(6,18-21-12-9-8-10-13-21)36-30(41)43-31(3,4)5/h8-10,12-13,16-17,19,24H,7,11,14-15,18H2,1-6H3,(H,33,35)(H,36,41)/t24-,32?/m1/s1. The first-order valence-corrected chi connectivity index (χ1v) is 15.7. The lowest BCUT2D eigenvalue weighted by molar-refractivity contribution is 0.0443. The molecule has 4 aromatic rings. The molecule has 1 aliphatic rings. The minimum atomic E-state index is -1.10. The molecule has 0 aliphatic carbocycles. The predicted octanol–water partition coefficient (Wildman–Crippen LogP) is 6.29. The molecule has 0 bridgehead atoms. The summed E-state index contributed by atoms with van der Waals surface area (Å²) >= 11 is 1.59. The number of aromatic nitrogens is 4. The van der Waals surface area contributed by atoms with Crippen LogP contribution in [0.25, 0.3) is 11.6 Å². The van der Waals surface area contributed by atoms with Crippen LogP contribution in [0.4, 0.5) is 10.6 Å². The lowest BCUT2D eigenvalue weighted by atomic mass is 9.92. The highest BCUT2D eigenvalue weighted by Gasteiger charge is 2.37. The average Bonchev–Trinajstić information content (AvgIpc) is 3.73. The molecular weight excluding hydrogens is 578 g/mol. The minimum Gasteiger partial charge on any atom is -0.444 e. The van der Waals surface area contributed by atoms with Crippen LogP contribution in [-0.2, 0) is 16.7 Å². The molecule has 1 aromatic carbocycles. The van der Waals surface area contributed by atoms with Crippen molar-refractivity contribution in [2.45, 2.75) is 78.0 Å². The van der Waals surface area contributed by atoms with E-state index in [4.69, 9.17) is 9.15 Å². The van der Waals surface area contributed by atoms with Crippen LogP contribution in [0.2, 0.25) is 0 Å². The van der Waals surface area contributed by atoms with Crippen LogP contribution in [0, 0.1) is 6.92 Å². The minimum absolute atomic E-state index is 0.0620. The fourth-order valence-electron chi connectivity index (χ4n) is 5.25. The number of benzene rings is 1. The SMILES string of the molecule is CCNc1cc(C(=O)N2CCC[C@@H]2c2nc(C)cs2)cc(-c2nnc(C(C)(Cc3ccccc3)NC(=O)OC(C)(C)C)o2)n1. The van der Waals surface area contributed by atoms with Crippen molar-refractivity contribution in [1.29, 1.82) is 0 Å². The Morgan fingerprint density at radius 3 is 2.57 bits per heavy atom. The third-order valence-electron chi connectivity index (χ3n) is 7.16. The van der Waals surface area contributed by atoms with Crippen LogP contribution in [0.15, 0.2) is 52.3 Å². The Labute approximate surface area is 261 Å². The molecule has 11 nitrogen and oxygen atoms in total. The largest absolute Gasteiger partial charge is 0.444 e. The van der Waals surface area contributed by atoms with Crippen molar-refractivity contribution in [1.82, 2.24) is 30.4 Å². The second-order valence-corrected chi connectivity index (χ2v) is 13.1. The van der Waals surface area contributed by atoms with Crippen molar-refractivity contribution in [3.8, 4) is 11.6 Å². The van der Waals surface area contributed by atoms with Gasteiger partial charge in [0.25, 0.3) is 11.8 Å². The van der Waals surface area contributed by atoms with E-state index >= 15 is 0 Å². The highest BCUT2D eigenvalue weighted by Crippen LogP contribution is 2.36. The van der Waals surface area contributed by atoms with E-state index in [1.807, 2.05) is 61.4 Å². The smallest absolute Gasteiger partial charge is 0.408 e. The van der Waals surface area contributed by atoms with E-state index < -0.39 is 17.2 Å². The number of alkyl carbamates (subject to hydrolysis) is 1. The number of carbonyl (C=O) groups is 2. The van der Waals surface area contributed by atoms with Crippen LogP contribution in [0.3, 0.4) is 0 Å². The number of ether oxygens (including phenoxy) is 1. The highest BCUT2D eigenvalue weighted by atomic mass is 32.1.